The third-order valence-corrected chi connectivity index (χ3v) is 6.07. The number of hydrogen-bond acceptors (Lipinski definition) is 6. The van der Waals surface area contributed by atoms with E-state index in [-0.39, 0.29) is 5.78 Å². The van der Waals surface area contributed by atoms with Crippen LogP contribution in [0.3, 0.4) is 0 Å². The lowest BCUT2D eigenvalue weighted by Crippen LogP contribution is -2.31. The molecule has 0 atom stereocenters. The van der Waals surface area contributed by atoms with E-state index in [1.807, 2.05) is 66.7 Å². The van der Waals surface area contributed by atoms with E-state index in [4.69, 9.17) is 10.5 Å². The molecule has 0 aliphatic rings. The molecule has 0 radical (unpaired) electrons. The molecular weight excluding hydrogens is 449 g/mol. The van der Waals surface area contributed by atoms with Gasteiger partial charge in [0.05, 0.1) is 6.61 Å². The van der Waals surface area contributed by atoms with Gasteiger partial charge in [-0.3, -0.25) is 4.79 Å². The van der Waals surface area contributed by atoms with Crippen molar-refractivity contribution >= 4 is 29.4 Å². The molecule has 4 rings (SSSR count). The van der Waals surface area contributed by atoms with Crippen LogP contribution < -0.4 is 11.0 Å². The number of pyridine rings is 1. The van der Waals surface area contributed by atoms with Crippen molar-refractivity contribution in [2.45, 2.75) is 32.7 Å². The van der Waals surface area contributed by atoms with Crippen LogP contribution in [0.1, 0.15) is 23.1 Å². The minimum atomic E-state index is -0.508. The smallest absolute Gasteiger partial charge is 0.373 e. The van der Waals surface area contributed by atoms with Gasteiger partial charge in [0.15, 0.2) is 0 Å². The molecule has 1 heterocycles. The molecule has 0 saturated heterocycles. The summed E-state index contributed by atoms with van der Waals surface area (Å²) >= 11 is 0. The third-order valence-electron chi connectivity index (χ3n) is 6.07. The van der Waals surface area contributed by atoms with Gasteiger partial charge in [-0.1, -0.05) is 66.7 Å². The molecule has 36 heavy (non-hydrogen) atoms. The number of nitrogens with two attached hydrogens (primary N) is 1. The molecule has 7 heteroatoms. The number of anilines is 1. The number of carbonyl (C=O) groups is 1. The summed E-state index contributed by atoms with van der Waals surface area (Å²) in [7, 11) is -0.508. The van der Waals surface area contributed by atoms with Gasteiger partial charge in [-0.05, 0) is 53.5 Å². The molecule has 0 saturated carbocycles. The summed E-state index contributed by atoms with van der Waals surface area (Å²) in [6.45, 7) is 3.51. The number of fused-ring (bicyclic) bond motifs is 1. The van der Waals surface area contributed by atoms with Crippen molar-refractivity contribution in [1.29, 1.82) is 0 Å². The van der Waals surface area contributed by atoms with Crippen molar-refractivity contribution in [3.05, 3.63) is 95.7 Å². The van der Waals surface area contributed by atoms with Gasteiger partial charge in [-0.2, -0.15) is 0 Å². The largest absolute Gasteiger partial charge is 0.437 e. The van der Waals surface area contributed by atoms with E-state index in [0.717, 1.165) is 45.0 Å². The Morgan fingerprint density at radius 2 is 1.67 bits per heavy atom. The van der Waals surface area contributed by atoms with E-state index >= 15 is 0 Å². The van der Waals surface area contributed by atoms with E-state index < -0.39 is 7.05 Å². The quantitative estimate of drug-likeness (QED) is 0.204. The van der Waals surface area contributed by atoms with Crippen LogP contribution in [-0.2, 0) is 29.0 Å². The van der Waals surface area contributed by atoms with Crippen LogP contribution in [0.4, 0.5) is 5.82 Å². The molecule has 0 fully saturated rings. The molecule has 0 unspecified atom stereocenters. The molecule has 0 aliphatic carbocycles. The Morgan fingerprint density at radius 3 is 2.39 bits per heavy atom. The van der Waals surface area contributed by atoms with Crippen molar-refractivity contribution in [2.75, 3.05) is 18.9 Å². The van der Waals surface area contributed by atoms with Gasteiger partial charge in [0, 0.05) is 36.6 Å². The number of aromatic nitrogens is 1. The second-order valence-corrected chi connectivity index (χ2v) is 9.05. The fraction of sp³-hybridized carbons (Fsp3) is 0.241. The highest BCUT2D eigenvalue weighted by Gasteiger charge is 2.11. The first-order valence-corrected chi connectivity index (χ1v) is 12.3. The predicted octanol–water partition coefficient (Wildman–Crippen LogP) is 4.44. The topological polar surface area (TPSA) is 97.5 Å². The maximum atomic E-state index is 12.5. The first-order chi connectivity index (χ1) is 17.5. The van der Waals surface area contributed by atoms with Crippen LogP contribution in [0.5, 0.6) is 0 Å². The Morgan fingerprint density at radius 1 is 0.972 bits per heavy atom. The number of Topliss-reactive ketones (excluding diaryl/α,β-unsaturated/α-hetero) is 1. The molecule has 1 aromatic heterocycles. The number of nitrogen functional groups attached to an aromatic ring is 1. The monoisotopic (exact) mass is 481 g/mol. The van der Waals surface area contributed by atoms with Gasteiger partial charge in [0.1, 0.15) is 11.6 Å². The first-order valence-electron chi connectivity index (χ1n) is 12.3. The summed E-state index contributed by atoms with van der Waals surface area (Å²) in [5.41, 5.74) is 11.3. The fourth-order valence-electron chi connectivity index (χ4n) is 4.22. The number of ketones is 1. The summed E-state index contributed by atoms with van der Waals surface area (Å²) in [5, 5.41) is 14.1. The zero-order chi connectivity index (χ0) is 25.3. The number of ether oxygens (including phenoxy) is 1. The molecule has 184 valence electrons. The molecular formula is C29H32BN3O3. The Bertz CT molecular complexity index is 1290. The summed E-state index contributed by atoms with van der Waals surface area (Å²) in [4.78, 5) is 16.9. The summed E-state index contributed by atoms with van der Waals surface area (Å²) in [6.07, 6.45) is 3.47. The highest BCUT2D eigenvalue weighted by molar-refractivity contribution is 6.45. The van der Waals surface area contributed by atoms with Crippen LogP contribution in [0.15, 0.2) is 79.0 Å². The number of nitrogens with zero attached hydrogens (tertiary/aromatic N) is 1. The van der Waals surface area contributed by atoms with E-state index in [1.165, 1.54) is 0 Å². The molecule has 0 amide bonds. The van der Waals surface area contributed by atoms with Crippen LogP contribution in [-0.4, -0.2) is 36.0 Å². The van der Waals surface area contributed by atoms with Crippen molar-refractivity contribution in [3.8, 4) is 11.1 Å². The zero-order valence-corrected chi connectivity index (χ0v) is 20.6. The minimum absolute atomic E-state index is 0.194. The molecule has 0 spiro atoms. The average Bonchev–Trinajstić information content (AvgIpc) is 2.87. The lowest BCUT2D eigenvalue weighted by Gasteiger charge is -2.12. The van der Waals surface area contributed by atoms with Crippen molar-refractivity contribution < 1.29 is 14.6 Å². The van der Waals surface area contributed by atoms with Crippen molar-refractivity contribution in [3.63, 3.8) is 0 Å². The summed E-state index contributed by atoms with van der Waals surface area (Å²) in [6, 6.07) is 24.0. The van der Waals surface area contributed by atoms with Crippen molar-refractivity contribution in [2.24, 2.45) is 0 Å². The Kier molecular flexibility index (Phi) is 8.84. The van der Waals surface area contributed by atoms with Gasteiger partial charge >= 0.3 is 7.05 Å². The number of carbonyl (C=O) groups excluding carboxylic acids is 1. The second-order valence-electron chi connectivity index (χ2n) is 9.05. The molecule has 0 bridgehead atoms. The maximum absolute atomic E-state index is 12.5. The number of hydrogen-bond donors (Lipinski definition) is 3. The average molecular weight is 481 g/mol. The lowest BCUT2D eigenvalue weighted by atomic mass is 9.89. The Balaban J connectivity index is 1.44. The highest BCUT2D eigenvalue weighted by atomic mass is 16.5. The van der Waals surface area contributed by atoms with E-state index in [2.05, 4.69) is 16.3 Å². The van der Waals surface area contributed by atoms with Crippen LogP contribution in [0, 0.1) is 0 Å². The molecule has 4 aromatic rings. The minimum Gasteiger partial charge on any atom is -0.437 e. The lowest BCUT2D eigenvalue weighted by molar-refractivity contribution is -0.117. The Hall–Kier alpha value is -3.52. The number of rotatable bonds is 12. The van der Waals surface area contributed by atoms with Crippen LogP contribution in [0.25, 0.3) is 21.9 Å². The zero-order valence-electron chi connectivity index (χ0n) is 20.6. The first kappa shape index (κ1) is 25.6. The third kappa shape index (κ3) is 7.01. The Labute approximate surface area is 212 Å². The van der Waals surface area contributed by atoms with E-state index in [0.29, 0.717) is 38.4 Å². The molecule has 0 aliphatic heterocycles. The molecule has 4 N–H and O–H groups in total. The van der Waals surface area contributed by atoms with Gasteiger partial charge in [0.2, 0.25) is 0 Å². The SMILES string of the molecule is CB(O)NCCCOCc1ccc2c(N)ncc(-c3ccc(CC(=O)Cc4ccccc4)cc3)c2c1. The van der Waals surface area contributed by atoms with Crippen LogP contribution >= 0.6 is 0 Å². The van der Waals surface area contributed by atoms with Gasteiger partial charge in [-0.25, -0.2) is 4.98 Å². The van der Waals surface area contributed by atoms with Gasteiger partial charge in [-0.15, -0.1) is 0 Å². The fourth-order valence-corrected chi connectivity index (χ4v) is 4.22. The number of benzene rings is 3. The maximum Gasteiger partial charge on any atom is 0.373 e. The normalized spacial score (nSPS) is 11.1. The summed E-state index contributed by atoms with van der Waals surface area (Å²) < 4.78 is 5.82. The van der Waals surface area contributed by atoms with Crippen LogP contribution in [0.2, 0.25) is 6.82 Å². The van der Waals surface area contributed by atoms with E-state index in [9.17, 15) is 9.82 Å². The van der Waals surface area contributed by atoms with Gasteiger partial charge < -0.3 is 20.7 Å². The molecule has 3 aromatic carbocycles. The van der Waals surface area contributed by atoms with Gasteiger partial charge in [0.25, 0.3) is 0 Å². The second kappa shape index (κ2) is 12.4. The highest BCUT2D eigenvalue weighted by Crippen LogP contribution is 2.32. The van der Waals surface area contributed by atoms with Crippen molar-refractivity contribution in [1.82, 2.24) is 10.2 Å². The summed E-state index contributed by atoms with van der Waals surface area (Å²) in [5.74, 6) is 0.688. The van der Waals surface area contributed by atoms with E-state index in [1.54, 1.807) is 13.0 Å². The standard InChI is InChI=1S/C29H32BN3O3/c1-30(35)33-14-5-15-36-20-23-10-13-26-27(18-23)28(19-32-29(26)31)24-11-8-22(9-12-24)17-25(34)16-21-6-3-2-4-7-21/h2-4,6-13,18-19,33,35H,5,14-17,20H2,1H3,(H2,31,32). The number of nitrogens with one attached hydrogen (secondary N) is 1. The predicted molar refractivity (Wildman–Crippen MR) is 147 cm³/mol. The molecule has 6 nitrogen and oxygen atoms in total.